The van der Waals surface area contributed by atoms with Gasteiger partial charge in [0.25, 0.3) is 0 Å². The molecule has 0 heterocycles. The molecule has 0 bridgehead atoms. The van der Waals surface area contributed by atoms with E-state index in [-0.39, 0.29) is 23.1 Å². The molecule has 1 nitrogen and oxygen atoms in total. The first kappa shape index (κ1) is 41.2. The fourth-order valence-electron chi connectivity index (χ4n) is 9.72. The van der Waals surface area contributed by atoms with Crippen LogP contribution in [-0.2, 0) is 25.7 Å². The minimum Gasteiger partial charge on any atom is -0.451 e. The summed E-state index contributed by atoms with van der Waals surface area (Å²) in [6.07, 6.45) is 22.8. The van der Waals surface area contributed by atoms with Crippen LogP contribution in [0.15, 0.2) is 72.8 Å². The van der Waals surface area contributed by atoms with Crippen LogP contribution in [0.2, 0.25) is 0 Å². The molecule has 4 aromatic carbocycles. The van der Waals surface area contributed by atoms with Crippen molar-refractivity contribution in [1.29, 1.82) is 0 Å². The molecule has 2 saturated carbocycles. The molecule has 4 aromatic rings. The Morgan fingerprint density at radius 2 is 0.855 bits per heavy atom. The number of unbranched alkanes of at least 4 members (excludes halogenated alkanes) is 2. The van der Waals surface area contributed by atoms with Crippen LogP contribution in [0.3, 0.4) is 0 Å². The van der Waals surface area contributed by atoms with Crippen LogP contribution >= 0.6 is 0 Å². The molecular weight excluding hydrogens is 679 g/mol. The maximum absolute atomic E-state index is 16.5. The third-order valence-corrected chi connectivity index (χ3v) is 13.2. The molecule has 0 amide bonds. The maximum atomic E-state index is 16.5. The first-order valence-corrected chi connectivity index (χ1v) is 22.4. The van der Waals surface area contributed by atoms with Crippen molar-refractivity contribution in [3.8, 4) is 11.5 Å². The Labute approximate surface area is 332 Å². The summed E-state index contributed by atoms with van der Waals surface area (Å²) in [5, 5.41) is 0. The molecule has 0 radical (unpaired) electrons. The van der Waals surface area contributed by atoms with Gasteiger partial charge in [-0.15, -0.1) is 0 Å². The predicted octanol–water partition coefficient (Wildman–Crippen LogP) is 15.8. The molecular formula is C52H68F2O. The van der Waals surface area contributed by atoms with Crippen LogP contribution in [0.4, 0.5) is 8.78 Å². The van der Waals surface area contributed by atoms with E-state index in [1.165, 1.54) is 101 Å². The van der Waals surface area contributed by atoms with Crippen molar-refractivity contribution in [1.82, 2.24) is 0 Å². The molecule has 2 fully saturated rings. The Kier molecular flexibility index (Phi) is 15.4. The summed E-state index contributed by atoms with van der Waals surface area (Å²) in [6.45, 7) is 8.82. The zero-order valence-electron chi connectivity index (χ0n) is 34.5. The van der Waals surface area contributed by atoms with Crippen molar-refractivity contribution >= 4 is 0 Å². The second-order valence-corrected chi connectivity index (χ2v) is 17.2. The summed E-state index contributed by atoms with van der Waals surface area (Å²) < 4.78 is 39.2. The van der Waals surface area contributed by atoms with Crippen LogP contribution < -0.4 is 4.74 Å². The van der Waals surface area contributed by atoms with Crippen molar-refractivity contribution in [3.63, 3.8) is 0 Å². The van der Waals surface area contributed by atoms with Crippen LogP contribution in [-0.4, -0.2) is 0 Å². The summed E-state index contributed by atoms with van der Waals surface area (Å²) in [4.78, 5) is 0. The van der Waals surface area contributed by atoms with Crippen LogP contribution in [0.1, 0.15) is 187 Å². The molecule has 0 spiro atoms. The number of hydrogen-bond acceptors (Lipinski definition) is 1. The van der Waals surface area contributed by atoms with E-state index in [1.807, 2.05) is 12.1 Å². The first-order chi connectivity index (χ1) is 26.9. The average Bonchev–Trinajstić information content (AvgIpc) is 3.22. The SMILES string of the molecule is CCCC[C@H]1CC[C@H](c2ccc(Cc3c(CCC)ccc(Oc4ccc(CCC)c(Cc5ccc([C@H]6CC[C@H](CCCC)CC6)cc5)c4F)c3F)cc2)CC1. The van der Waals surface area contributed by atoms with Crippen molar-refractivity contribution in [2.75, 3.05) is 0 Å². The van der Waals surface area contributed by atoms with Gasteiger partial charge in [-0.3, -0.25) is 0 Å². The Morgan fingerprint density at radius 3 is 1.20 bits per heavy atom. The Balaban J connectivity index is 1.16. The molecule has 3 heteroatoms. The third-order valence-electron chi connectivity index (χ3n) is 13.2. The van der Waals surface area contributed by atoms with Gasteiger partial charge in [-0.2, -0.15) is 0 Å². The lowest BCUT2D eigenvalue weighted by Gasteiger charge is -2.29. The second kappa shape index (κ2) is 20.6. The molecule has 0 atom stereocenters. The van der Waals surface area contributed by atoms with Crippen molar-refractivity contribution in [2.24, 2.45) is 11.8 Å². The van der Waals surface area contributed by atoms with Gasteiger partial charge < -0.3 is 4.74 Å². The van der Waals surface area contributed by atoms with Gasteiger partial charge in [-0.25, -0.2) is 8.78 Å². The molecule has 55 heavy (non-hydrogen) atoms. The number of halogens is 2. The smallest absolute Gasteiger partial charge is 0.169 e. The Bertz CT molecular complexity index is 1630. The minimum absolute atomic E-state index is 0.0909. The van der Waals surface area contributed by atoms with Crippen molar-refractivity contribution in [3.05, 3.63) is 129 Å². The largest absolute Gasteiger partial charge is 0.451 e. The Morgan fingerprint density at radius 1 is 0.473 bits per heavy atom. The molecule has 0 aromatic heterocycles. The lowest BCUT2D eigenvalue weighted by atomic mass is 9.77. The fraction of sp³-hybridized carbons (Fsp3) is 0.538. The highest BCUT2D eigenvalue weighted by Gasteiger charge is 2.24. The molecule has 0 aliphatic heterocycles. The highest BCUT2D eigenvalue weighted by atomic mass is 19.1. The summed E-state index contributed by atoms with van der Waals surface area (Å²) in [5.41, 5.74) is 8.32. The number of ether oxygens (including phenoxy) is 1. The third kappa shape index (κ3) is 10.9. The first-order valence-electron chi connectivity index (χ1n) is 22.4. The molecule has 0 saturated heterocycles. The van der Waals surface area contributed by atoms with E-state index in [0.717, 1.165) is 59.8 Å². The van der Waals surface area contributed by atoms with Gasteiger partial charge in [0.1, 0.15) is 0 Å². The van der Waals surface area contributed by atoms with Crippen LogP contribution in [0.5, 0.6) is 11.5 Å². The number of hydrogen-bond donors (Lipinski definition) is 0. The van der Waals surface area contributed by atoms with E-state index in [2.05, 4.69) is 76.2 Å². The number of aryl methyl sites for hydroxylation is 2. The number of rotatable bonds is 18. The van der Waals surface area contributed by atoms with Gasteiger partial charge in [0.05, 0.1) is 0 Å². The molecule has 2 aliphatic rings. The maximum Gasteiger partial charge on any atom is 0.169 e. The van der Waals surface area contributed by atoms with E-state index in [9.17, 15) is 0 Å². The molecule has 0 N–H and O–H groups in total. The monoisotopic (exact) mass is 747 g/mol. The van der Waals surface area contributed by atoms with Gasteiger partial charge in [0.2, 0.25) is 0 Å². The van der Waals surface area contributed by atoms with E-state index in [0.29, 0.717) is 35.8 Å². The summed E-state index contributed by atoms with van der Waals surface area (Å²) in [5.74, 6) is 2.47. The molecule has 0 unspecified atom stereocenters. The number of benzene rings is 4. The Hall–Kier alpha value is -3.46. The van der Waals surface area contributed by atoms with Crippen LogP contribution in [0.25, 0.3) is 0 Å². The summed E-state index contributed by atoms with van der Waals surface area (Å²) in [7, 11) is 0. The minimum atomic E-state index is -0.381. The zero-order valence-corrected chi connectivity index (χ0v) is 34.5. The van der Waals surface area contributed by atoms with E-state index in [1.54, 1.807) is 12.1 Å². The molecule has 296 valence electrons. The van der Waals surface area contributed by atoms with Gasteiger partial charge >= 0.3 is 0 Å². The van der Waals surface area contributed by atoms with Gasteiger partial charge in [0.15, 0.2) is 23.1 Å². The standard InChI is InChI=1S/C52H68F2O/c1-5-9-13-37-15-23-41(24-16-37)43-27-19-39(20-28-43)35-47-45(11-7-3)31-33-49(51(47)53)55-50-34-32-46(12-8-4)48(52(50)54)36-40-21-29-44(30-22-40)42-25-17-38(18-26-42)14-10-6-2/h19-22,27-34,37-38,41-42H,5-18,23-26,35-36H2,1-4H3/t37-,38-,41-,42-. The molecule has 6 rings (SSSR count). The zero-order chi connectivity index (χ0) is 38.6. The summed E-state index contributed by atoms with van der Waals surface area (Å²) >= 11 is 0. The fourth-order valence-corrected chi connectivity index (χ4v) is 9.72. The van der Waals surface area contributed by atoms with Gasteiger partial charge in [-0.05, 0) is 145 Å². The van der Waals surface area contributed by atoms with Gasteiger partial charge in [-0.1, -0.05) is 140 Å². The van der Waals surface area contributed by atoms with Crippen molar-refractivity contribution < 1.29 is 13.5 Å². The highest BCUT2D eigenvalue weighted by Crippen LogP contribution is 2.40. The lowest BCUT2D eigenvalue weighted by Crippen LogP contribution is -2.13. The van der Waals surface area contributed by atoms with E-state index >= 15 is 8.78 Å². The van der Waals surface area contributed by atoms with Crippen molar-refractivity contribution in [2.45, 2.75) is 168 Å². The quantitative estimate of drug-likeness (QED) is 0.0985. The topological polar surface area (TPSA) is 9.23 Å². The molecule has 2 aliphatic carbocycles. The second-order valence-electron chi connectivity index (χ2n) is 17.2. The van der Waals surface area contributed by atoms with Crippen LogP contribution in [0, 0.1) is 23.5 Å². The van der Waals surface area contributed by atoms with Gasteiger partial charge in [0, 0.05) is 12.8 Å². The highest BCUT2D eigenvalue weighted by molar-refractivity contribution is 5.46. The van der Waals surface area contributed by atoms with E-state index < -0.39 is 0 Å². The van der Waals surface area contributed by atoms with E-state index in [4.69, 9.17) is 4.74 Å². The average molecular weight is 747 g/mol. The lowest BCUT2D eigenvalue weighted by molar-refractivity contribution is 0.304. The summed E-state index contributed by atoms with van der Waals surface area (Å²) in [6, 6.07) is 25.2. The predicted molar refractivity (Wildman–Crippen MR) is 228 cm³/mol. The normalized spacial score (nSPS) is 20.1.